The lowest BCUT2D eigenvalue weighted by atomic mass is 10.1. The molecule has 96 valence electrons. The molecule has 1 unspecified atom stereocenters. The highest BCUT2D eigenvalue weighted by Crippen LogP contribution is 2.13. The van der Waals surface area contributed by atoms with E-state index in [1.165, 1.54) is 0 Å². The Morgan fingerprint density at radius 2 is 2.00 bits per heavy atom. The van der Waals surface area contributed by atoms with E-state index in [4.69, 9.17) is 0 Å². The first-order valence-electron chi connectivity index (χ1n) is 5.93. The molecule has 0 fully saturated rings. The van der Waals surface area contributed by atoms with E-state index in [0.717, 1.165) is 5.69 Å². The number of nitrogens with zero attached hydrogens (tertiary/aromatic N) is 4. The van der Waals surface area contributed by atoms with Crippen LogP contribution in [0.1, 0.15) is 13.8 Å². The van der Waals surface area contributed by atoms with Crippen LogP contribution in [-0.2, 0) is 0 Å². The van der Waals surface area contributed by atoms with E-state index < -0.39 is 0 Å². The number of hydrogen-bond donors (Lipinski definition) is 2. The van der Waals surface area contributed by atoms with Gasteiger partial charge < -0.3 is 10.4 Å². The number of rotatable bonds is 5. The van der Waals surface area contributed by atoms with Gasteiger partial charge in [-0.3, -0.25) is 0 Å². The summed E-state index contributed by atoms with van der Waals surface area (Å²) in [6.45, 7) is 4.11. The van der Waals surface area contributed by atoms with Crippen LogP contribution in [0, 0.1) is 5.92 Å². The summed E-state index contributed by atoms with van der Waals surface area (Å²) in [6.07, 6.45) is 0. The molecule has 0 aliphatic rings. The first-order valence-corrected chi connectivity index (χ1v) is 5.93. The molecule has 0 radical (unpaired) electrons. The highest BCUT2D eigenvalue weighted by molar-refractivity contribution is 5.38. The normalized spacial score (nSPS) is 12.7. The van der Waals surface area contributed by atoms with Gasteiger partial charge in [0.05, 0.1) is 18.3 Å². The van der Waals surface area contributed by atoms with E-state index in [9.17, 15) is 5.11 Å². The van der Waals surface area contributed by atoms with Gasteiger partial charge in [-0.15, -0.1) is 0 Å². The van der Waals surface area contributed by atoms with E-state index in [0.29, 0.717) is 5.95 Å². The van der Waals surface area contributed by atoms with Crippen LogP contribution in [-0.4, -0.2) is 38.0 Å². The van der Waals surface area contributed by atoms with E-state index in [1.807, 2.05) is 44.2 Å². The zero-order valence-electron chi connectivity index (χ0n) is 10.5. The summed E-state index contributed by atoms with van der Waals surface area (Å²) in [6, 6.07) is 9.55. The Kier molecular flexibility index (Phi) is 3.88. The summed E-state index contributed by atoms with van der Waals surface area (Å²) >= 11 is 0. The van der Waals surface area contributed by atoms with E-state index in [-0.39, 0.29) is 18.6 Å². The lowest BCUT2D eigenvalue weighted by Gasteiger charge is -2.19. The van der Waals surface area contributed by atoms with Crippen molar-refractivity contribution in [1.82, 2.24) is 20.2 Å². The monoisotopic (exact) mass is 247 g/mol. The Labute approximate surface area is 106 Å². The van der Waals surface area contributed by atoms with Crippen molar-refractivity contribution in [2.24, 2.45) is 5.92 Å². The third-order valence-corrected chi connectivity index (χ3v) is 2.79. The molecular weight excluding hydrogens is 230 g/mol. The first-order chi connectivity index (χ1) is 8.72. The zero-order valence-corrected chi connectivity index (χ0v) is 10.5. The number of hydrogen-bond acceptors (Lipinski definition) is 5. The number of aliphatic hydroxyl groups is 1. The molecule has 6 heteroatoms. The maximum Gasteiger partial charge on any atom is 0.248 e. The smallest absolute Gasteiger partial charge is 0.248 e. The molecule has 0 amide bonds. The summed E-state index contributed by atoms with van der Waals surface area (Å²) in [7, 11) is 0. The van der Waals surface area contributed by atoms with Crippen molar-refractivity contribution >= 4 is 5.95 Å². The predicted octanol–water partition coefficient (Wildman–Crippen LogP) is 1.09. The Balaban J connectivity index is 2.23. The van der Waals surface area contributed by atoms with Crippen LogP contribution < -0.4 is 5.32 Å². The molecule has 0 saturated heterocycles. The number of anilines is 1. The van der Waals surface area contributed by atoms with Gasteiger partial charge >= 0.3 is 0 Å². The molecule has 0 spiro atoms. The Morgan fingerprint density at radius 1 is 1.28 bits per heavy atom. The molecule has 1 aromatic carbocycles. The summed E-state index contributed by atoms with van der Waals surface area (Å²) in [5.41, 5.74) is 0.880. The molecular formula is C12H17N5O. The van der Waals surface area contributed by atoms with Gasteiger partial charge in [0, 0.05) is 0 Å². The van der Waals surface area contributed by atoms with E-state index in [2.05, 4.69) is 20.8 Å². The lowest BCUT2D eigenvalue weighted by molar-refractivity contribution is 0.248. The fourth-order valence-electron chi connectivity index (χ4n) is 1.61. The third kappa shape index (κ3) is 2.65. The number of aromatic nitrogens is 4. The molecule has 1 aromatic heterocycles. The minimum Gasteiger partial charge on any atom is -0.394 e. The van der Waals surface area contributed by atoms with Crippen LogP contribution in [0.15, 0.2) is 30.3 Å². The molecule has 0 aliphatic carbocycles. The average molecular weight is 247 g/mol. The molecule has 2 N–H and O–H groups in total. The summed E-state index contributed by atoms with van der Waals surface area (Å²) in [5.74, 6) is 0.824. The second kappa shape index (κ2) is 5.59. The highest BCUT2D eigenvalue weighted by Gasteiger charge is 2.16. The van der Waals surface area contributed by atoms with Crippen molar-refractivity contribution < 1.29 is 5.11 Å². The van der Waals surface area contributed by atoms with Gasteiger partial charge in [-0.2, -0.15) is 4.68 Å². The number of tetrazole rings is 1. The van der Waals surface area contributed by atoms with Gasteiger partial charge in [0.2, 0.25) is 5.95 Å². The summed E-state index contributed by atoms with van der Waals surface area (Å²) < 4.78 is 1.62. The van der Waals surface area contributed by atoms with Gasteiger partial charge in [-0.05, 0) is 28.5 Å². The molecule has 0 bridgehead atoms. The molecule has 2 rings (SSSR count). The highest BCUT2D eigenvalue weighted by atomic mass is 16.3. The molecule has 6 nitrogen and oxygen atoms in total. The Bertz CT molecular complexity index is 482. The summed E-state index contributed by atoms with van der Waals surface area (Å²) in [5, 5.41) is 24.0. The van der Waals surface area contributed by atoms with Crippen molar-refractivity contribution in [1.29, 1.82) is 0 Å². The number of nitrogens with one attached hydrogen (secondary N) is 1. The van der Waals surface area contributed by atoms with E-state index >= 15 is 0 Å². The molecule has 1 atom stereocenters. The van der Waals surface area contributed by atoms with Gasteiger partial charge in [0.1, 0.15) is 0 Å². The molecule has 18 heavy (non-hydrogen) atoms. The topological polar surface area (TPSA) is 75.9 Å². The van der Waals surface area contributed by atoms with Gasteiger partial charge in [0.25, 0.3) is 0 Å². The lowest BCUT2D eigenvalue weighted by Crippen LogP contribution is -2.30. The van der Waals surface area contributed by atoms with Crippen molar-refractivity contribution in [3.8, 4) is 5.69 Å². The number of aliphatic hydroxyl groups excluding tert-OH is 1. The fraction of sp³-hybridized carbons (Fsp3) is 0.417. The second-order valence-electron chi connectivity index (χ2n) is 4.43. The van der Waals surface area contributed by atoms with Crippen molar-refractivity contribution in [3.63, 3.8) is 0 Å². The minimum absolute atomic E-state index is 0.0410. The fourth-order valence-corrected chi connectivity index (χ4v) is 1.61. The van der Waals surface area contributed by atoms with Crippen LogP contribution in [0.25, 0.3) is 5.69 Å². The summed E-state index contributed by atoms with van der Waals surface area (Å²) in [4.78, 5) is 0. The van der Waals surface area contributed by atoms with Crippen molar-refractivity contribution in [2.75, 3.05) is 11.9 Å². The third-order valence-electron chi connectivity index (χ3n) is 2.79. The molecule has 0 saturated carbocycles. The molecule has 2 aromatic rings. The first kappa shape index (κ1) is 12.5. The maximum atomic E-state index is 9.32. The van der Waals surface area contributed by atoms with Crippen molar-refractivity contribution in [3.05, 3.63) is 30.3 Å². The van der Waals surface area contributed by atoms with Gasteiger partial charge in [-0.25, -0.2) is 0 Å². The van der Waals surface area contributed by atoms with Gasteiger partial charge in [0.15, 0.2) is 0 Å². The number of para-hydroxylation sites is 1. The maximum absolute atomic E-state index is 9.32. The zero-order chi connectivity index (χ0) is 13.0. The standard InChI is InChI=1S/C12H17N5O/c1-9(2)11(8-18)13-12-14-15-16-17(12)10-6-4-3-5-7-10/h3-7,9,11,18H,8H2,1-2H3,(H,13,14,16). The number of benzene rings is 1. The molecule has 1 heterocycles. The largest absolute Gasteiger partial charge is 0.394 e. The van der Waals surface area contributed by atoms with Crippen LogP contribution >= 0.6 is 0 Å². The minimum atomic E-state index is -0.0709. The average Bonchev–Trinajstić information content (AvgIpc) is 2.84. The SMILES string of the molecule is CC(C)C(CO)Nc1nnnn1-c1ccccc1. The van der Waals surface area contributed by atoms with Crippen molar-refractivity contribution in [2.45, 2.75) is 19.9 Å². The quantitative estimate of drug-likeness (QED) is 0.827. The van der Waals surface area contributed by atoms with Crippen LogP contribution in [0.2, 0.25) is 0 Å². The van der Waals surface area contributed by atoms with Crippen LogP contribution in [0.4, 0.5) is 5.95 Å². The van der Waals surface area contributed by atoms with Gasteiger partial charge in [-0.1, -0.05) is 37.1 Å². The Hall–Kier alpha value is -1.95. The molecule has 0 aliphatic heterocycles. The Morgan fingerprint density at radius 3 is 2.61 bits per heavy atom. The van der Waals surface area contributed by atoms with Crippen LogP contribution in [0.5, 0.6) is 0 Å². The second-order valence-corrected chi connectivity index (χ2v) is 4.43. The predicted molar refractivity (Wildman–Crippen MR) is 68.5 cm³/mol. The van der Waals surface area contributed by atoms with E-state index in [1.54, 1.807) is 4.68 Å². The van der Waals surface area contributed by atoms with Crippen LogP contribution in [0.3, 0.4) is 0 Å².